The quantitative estimate of drug-likeness (QED) is 0.583. The van der Waals surface area contributed by atoms with Gasteiger partial charge >= 0.3 is 12.3 Å². The molecule has 0 radical (unpaired) electrons. The number of amides is 1. The lowest BCUT2D eigenvalue weighted by Crippen LogP contribution is -2.38. The van der Waals surface area contributed by atoms with Crippen molar-refractivity contribution in [1.82, 2.24) is 20.0 Å². The van der Waals surface area contributed by atoms with Crippen LogP contribution in [-0.2, 0) is 16.0 Å². The predicted octanol–water partition coefficient (Wildman–Crippen LogP) is 4.56. The number of nitrogens with zero attached hydrogens (tertiary/aromatic N) is 3. The number of rotatable bonds is 9. The van der Waals surface area contributed by atoms with E-state index in [-0.39, 0.29) is 18.6 Å². The van der Waals surface area contributed by atoms with Gasteiger partial charge in [0.2, 0.25) is 0 Å². The minimum absolute atomic E-state index is 0.163. The smallest absolute Gasteiger partial charge is 0.411 e. The third-order valence-corrected chi connectivity index (χ3v) is 5.59. The van der Waals surface area contributed by atoms with Crippen LogP contribution in [0.25, 0.3) is 0 Å². The molecule has 0 spiro atoms. The molecule has 1 aliphatic rings. The van der Waals surface area contributed by atoms with E-state index in [0.29, 0.717) is 25.6 Å². The molecule has 0 atom stereocenters. The molecule has 7 nitrogen and oxygen atoms in total. The van der Waals surface area contributed by atoms with E-state index in [0.717, 1.165) is 36.9 Å². The normalized spacial score (nSPS) is 19.9. The maximum Gasteiger partial charge on any atom is 0.411 e. The Hall–Kier alpha value is -1.81. The third-order valence-electron chi connectivity index (χ3n) is 5.59. The molecule has 0 aliphatic heterocycles. The maximum atomic E-state index is 12.2. The number of H-pyrrole nitrogens is 1. The Morgan fingerprint density at radius 1 is 1.16 bits per heavy atom. The first-order valence-electron chi connectivity index (χ1n) is 11.1. The van der Waals surface area contributed by atoms with Gasteiger partial charge in [0.25, 0.3) is 0 Å². The summed E-state index contributed by atoms with van der Waals surface area (Å²) in [6.07, 6.45) is 0.721. The number of alkyl halides is 3. The van der Waals surface area contributed by atoms with E-state index in [1.165, 1.54) is 0 Å². The number of aromatic nitrogens is 2. The SMILES string of the molecule is CN(CCN(C)C(=O)OC(C)(C)C)Cc1cn[nH]c1C1CCC(COCC(F)(F)F)CC1. The standard InChI is InChI=1S/C22H37F3N4O3/c1-21(2,3)32-20(30)29(5)11-10-28(4)13-18-12-26-27-19(18)17-8-6-16(7-9-17)14-31-15-22(23,24)25/h12,16-17H,6-11,13-15H2,1-5H3,(H,26,27). The van der Waals surface area contributed by atoms with E-state index >= 15 is 0 Å². The zero-order valence-corrected chi connectivity index (χ0v) is 19.8. The molecule has 184 valence electrons. The number of likely N-dealkylation sites (N-methyl/N-ethyl adjacent to an activating group) is 2. The highest BCUT2D eigenvalue weighted by Gasteiger charge is 2.30. The van der Waals surface area contributed by atoms with Gasteiger partial charge in [0.1, 0.15) is 12.2 Å². The Kier molecular flexibility index (Phi) is 9.39. The van der Waals surface area contributed by atoms with Crippen molar-refractivity contribution >= 4 is 6.09 Å². The average Bonchev–Trinajstić information content (AvgIpc) is 3.12. The first kappa shape index (κ1) is 26.4. The summed E-state index contributed by atoms with van der Waals surface area (Å²) < 4.78 is 46.9. The summed E-state index contributed by atoms with van der Waals surface area (Å²) in [5, 5.41) is 7.35. The van der Waals surface area contributed by atoms with Gasteiger partial charge in [-0.25, -0.2) is 4.79 Å². The fourth-order valence-corrected chi connectivity index (χ4v) is 3.88. The van der Waals surface area contributed by atoms with E-state index in [1.807, 2.05) is 34.0 Å². The van der Waals surface area contributed by atoms with Gasteiger partial charge < -0.3 is 19.3 Å². The first-order valence-corrected chi connectivity index (χ1v) is 11.1. The second kappa shape index (κ2) is 11.4. The summed E-state index contributed by atoms with van der Waals surface area (Å²) in [6, 6.07) is 0. The van der Waals surface area contributed by atoms with E-state index in [9.17, 15) is 18.0 Å². The zero-order chi connectivity index (χ0) is 23.9. The third kappa shape index (κ3) is 9.36. The molecule has 1 aromatic heterocycles. The molecule has 0 bridgehead atoms. The largest absolute Gasteiger partial charge is 0.444 e. The molecule has 2 rings (SSSR count). The van der Waals surface area contributed by atoms with Crippen molar-refractivity contribution < 1.29 is 27.4 Å². The van der Waals surface area contributed by atoms with Crippen molar-refractivity contribution in [3.63, 3.8) is 0 Å². The molecule has 32 heavy (non-hydrogen) atoms. The van der Waals surface area contributed by atoms with Crippen molar-refractivity contribution in [2.24, 2.45) is 5.92 Å². The molecule has 1 amide bonds. The molecule has 1 aliphatic carbocycles. The molecule has 1 N–H and O–H groups in total. The van der Waals surface area contributed by atoms with E-state index in [2.05, 4.69) is 15.1 Å². The maximum absolute atomic E-state index is 12.2. The second-order valence-electron chi connectivity index (χ2n) is 9.80. The van der Waals surface area contributed by atoms with Crippen molar-refractivity contribution in [3.05, 3.63) is 17.5 Å². The summed E-state index contributed by atoms with van der Waals surface area (Å²) >= 11 is 0. The lowest BCUT2D eigenvalue weighted by atomic mass is 9.80. The highest BCUT2D eigenvalue weighted by atomic mass is 19.4. The van der Waals surface area contributed by atoms with Crippen LogP contribution in [0.15, 0.2) is 6.20 Å². The number of halogens is 3. The fourth-order valence-electron chi connectivity index (χ4n) is 3.88. The van der Waals surface area contributed by atoms with Crippen LogP contribution in [0.2, 0.25) is 0 Å². The van der Waals surface area contributed by atoms with E-state index in [1.54, 1.807) is 11.9 Å². The molecule has 1 saturated carbocycles. The summed E-state index contributed by atoms with van der Waals surface area (Å²) in [4.78, 5) is 15.8. The van der Waals surface area contributed by atoms with E-state index < -0.39 is 18.4 Å². The summed E-state index contributed by atoms with van der Waals surface area (Å²) in [5.74, 6) is 0.496. The van der Waals surface area contributed by atoms with Gasteiger partial charge in [-0.1, -0.05) is 0 Å². The van der Waals surface area contributed by atoms with Crippen molar-refractivity contribution in [3.8, 4) is 0 Å². The van der Waals surface area contributed by atoms with Crippen molar-refractivity contribution in [2.75, 3.05) is 40.4 Å². The molecule has 0 unspecified atom stereocenters. The molecule has 10 heteroatoms. The number of ether oxygens (including phenoxy) is 2. The van der Waals surface area contributed by atoms with Crippen LogP contribution in [0.4, 0.5) is 18.0 Å². The number of hydrogen-bond donors (Lipinski definition) is 1. The molecular weight excluding hydrogens is 425 g/mol. The Morgan fingerprint density at radius 2 is 1.81 bits per heavy atom. The van der Waals surface area contributed by atoms with Gasteiger partial charge in [-0.15, -0.1) is 0 Å². The lowest BCUT2D eigenvalue weighted by Gasteiger charge is -2.29. The molecule has 0 aromatic carbocycles. The Labute approximate surface area is 188 Å². The summed E-state index contributed by atoms with van der Waals surface area (Å²) in [6.45, 7) is 6.44. The van der Waals surface area contributed by atoms with Crippen molar-refractivity contribution in [1.29, 1.82) is 0 Å². The van der Waals surface area contributed by atoms with Crippen LogP contribution >= 0.6 is 0 Å². The van der Waals surface area contributed by atoms with Crippen LogP contribution in [-0.4, -0.2) is 78.3 Å². The Morgan fingerprint density at radius 3 is 2.41 bits per heavy atom. The number of carbonyl (C=O) groups is 1. The zero-order valence-electron chi connectivity index (χ0n) is 19.8. The lowest BCUT2D eigenvalue weighted by molar-refractivity contribution is -0.177. The first-order chi connectivity index (χ1) is 14.8. The number of nitrogens with one attached hydrogen (secondary N) is 1. The molecule has 1 fully saturated rings. The van der Waals surface area contributed by atoms with Gasteiger partial charge in [0.15, 0.2) is 0 Å². The van der Waals surface area contributed by atoms with Gasteiger partial charge in [0.05, 0.1) is 6.20 Å². The average molecular weight is 463 g/mol. The summed E-state index contributed by atoms with van der Waals surface area (Å²) in [7, 11) is 3.72. The predicted molar refractivity (Wildman–Crippen MR) is 115 cm³/mol. The minimum Gasteiger partial charge on any atom is -0.444 e. The summed E-state index contributed by atoms with van der Waals surface area (Å²) in [5.41, 5.74) is 1.70. The second-order valence-corrected chi connectivity index (χ2v) is 9.80. The monoisotopic (exact) mass is 462 g/mol. The van der Waals surface area contributed by atoms with E-state index in [4.69, 9.17) is 9.47 Å². The number of hydrogen-bond acceptors (Lipinski definition) is 5. The molecule has 1 heterocycles. The van der Waals surface area contributed by atoms with Crippen LogP contribution in [0, 0.1) is 5.92 Å². The Bertz CT molecular complexity index is 710. The minimum atomic E-state index is -4.27. The van der Waals surface area contributed by atoms with Crippen LogP contribution in [0.3, 0.4) is 0 Å². The van der Waals surface area contributed by atoms with Crippen molar-refractivity contribution in [2.45, 2.75) is 70.7 Å². The topological polar surface area (TPSA) is 70.7 Å². The molecule has 1 aromatic rings. The molecule has 0 saturated heterocycles. The van der Waals surface area contributed by atoms with Gasteiger partial charge in [-0.05, 0) is 59.4 Å². The van der Waals surface area contributed by atoms with Crippen LogP contribution in [0.5, 0.6) is 0 Å². The van der Waals surface area contributed by atoms with Gasteiger partial charge in [-0.3, -0.25) is 5.10 Å². The highest BCUT2D eigenvalue weighted by Crippen LogP contribution is 2.36. The highest BCUT2D eigenvalue weighted by molar-refractivity contribution is 5.67. The van der Waals surface area contributed by atoms with Crippen LogP contribution in [0.1, 0.15) is 63.6 Å². The number of aromatic amines is 1. The fraction of sp³-hybridized carbons (Fsp3) is 0.818. The number of carbonyl (C=O) groups excluding carboxylic acids is 1. The van der Waals surface area contributed by atoms with Gasteiger partial charge in [0, 0.05) is 50.5 Å². The van der Waals surface area contributed by atoms with Crippen LogP contribution < -0.4 is 0 Å². The molecular formula is C22H37F3N4O3. The van der Waals surface area contributed by atoms with Gasteiger partial charge in [-0.2, -0.15) is 18.3 Å². The Balaban J connectivity index is 1.77.